The number of hydrogen-bond donors (Lipinski definition) is 1. The fraction of sp³-hybridized carbons (Fsp3) is 0.250. The Labute approximate surface area is 80.2 Å². The zero-order valence-electron chi connectivity index (χ0n) is 7.05. The van der Waals surface area contributed by atoms with E-state index in [1.54, 1.807) is 6.20 Å². The molecule has 2 aromatic heterocycles. The molecule has 0 fully saturated rings. The van der Waals surface area contributed by atoms with Crippen molar-refractivity contribution in [2.45, 2.75) is 13.1 Å². The molecule has 0 atom stereocenters. The van der Waals surface area contributed by atoms with Gasteiger partial charge >= 0.3 is 0 Å². The molecule has 68 valence electrons. The van der Waals surface area contributed by atoms with E-state index in [1.165, 1.54) is 11.5 Å². The minimum absolute atomic E-state index is 0.591. The van der Waals surface area contributed by atoms with Crippen molar-refractivity contribution in [2.75, 3.05) is 0 Å². The topological polar surface area (TPSA) is 56.7 Å². The molecule has 0 saturated carbocycles. The standard InChI is InChI=1S/C8H10N4S/c9-3-7-1-2-12(5-7)6-8-4-10-11-13-8/h1-2,4-5H,3,6,9H2. The first kappa shape index (κ1) is 8.40. The Balaban J connectivity index is 2.10. The second-order valence-electron chi connectivity index (χ2n) is 2.78. The maximum absolute atomic E-state index is 5.50. The minimum Gasteiger partial charge on any atom is -0.349 e. The molecular formula is C8H10N4S. The molecule has 0 aliphatic carbocycles. The van der Waals surface area contributed by atoms with Gasteiger partial charge < -0.3 is 10.3 Å². The zero-order chi connectivity index (χ0) is 9.10. The van der Waals surface area contributed by atoms with E-state index in [0.717, 1.165) is 17.0 Å². The Morgan fingerprint density at radius 3 is 3.08 bits per heavy atom. The molecule has 0 radical (unpaired) electrons. The summed E-state index contributed by atoms with van der Waals surface area (Å²) in [4.78, 5) is 1.15. The molecule has 2 N–H and O–H groups in total. The van der Waals surface area contributed by atoms with Crippen LogP contribution >= 0.6 is 11.5 Å². The lowest BCUT2D eigenvalue weighted by Crippen LogP contribution is -1.96. The Hall–Kier alpha value is -1.20. The minimum atomic E-state index is 0.591. The third-order valence-electron chi connectivity index (χ3n) is 1.79. The SMILES string of the molecule is NCc1ccn(Cc2cnns2)c1. The fourth-order valence-corrected chi connectivity index (χ4v) is 1.65. The van der Waals surface area contributed by atoms with Crippen LogP contribution in [0.4, 0.5) is 0 Å². The summed E-state index contributed by atoms with van der Waals surface area (Å²) >= 11 is 1.42. The van der Waals surface area contributed by atoms with Crippen LogP contribution in [0.2, 0.25) is 0 Å². The van der Waals surface area contributed by atoms with Crippen LogP contribution in [-0.4, -0.2) is 14.2 Å². The number of rotatable bonds is 3. The first-order valence-electron chi connectivity index (χ1n) is 3.99. The highest BCUT2D eigenvalue weighted by atomic mass is 32.1. The van der Waals surface area contributed by atoms with Crippen LogP contribution in [0.5, 0.6) is 0 Å². The summed E-state index contributed by atoms with van der Waals surface area (Å²) in [7, 11) is 0. The summed E-state index contributed by atoms with van der Waals surface area (Å²) in [6.45, 7) is 1.42. The van der Waals surface area contributed by atoms with Gasteiger partial charge in [-0.05, 0) is 23.2 Å². The number of nitrogens with two attached hydrogens (primary N) is 1. The number of hydrogen-bond acceptors (Lipinski definition) is 4. The molecule has 0 saturated heterocycles. The van der Waals surface area contributed by atoms with E-state index in [0.29, 0.717) is 6.54 Å². The van der Waals surface area contributed by atoms with E-state index >= 15 is 0 Å². The molecule has 0 aliphatic heterocycles. The van der Waals surface area contributed by atoms with E-state index in [1.807, 2.05) is 18.5 Å². The number of nitrogens with zero attached hydrogens (tertiary/aromatic N) is 3. The lowest BCUT2D eigenvalue weighted by molar-refractivity contribution is 0.812. The van der Waals surface area contributed by atoms with Gasteiger partial charge in [0.1, 0.15) is 0 Å². The molecule has 0 aliphatic rings. The van der Waals surface area contributed by atoms with Crippen LogP contribution in [0.1, 0.15) is 10.4 Å². The van der Waals surface area contributed by atoms with Crippen molar-refractivity contribution in [3.8, 4) is 0 Å². The lowest BCUT2D eigenvalue weighted by atomic mass is 10.3. The second kappa shape index (κ2) is 3.68. The summed E-state index contributed by atoms with van der Waals surface area (Å²) < 4.78 is 5.88. The van der Waals surface area contributed by atoms with Crippen molar-refractivity contribution >= 4 is 11.5 Å². The van der Waals surface area contributed by atoms with Gasteiger partial charge in [0.05, 0.1) is 17.6 Å². The predicted octanol–water partition coefficient (Wildman–Crippen LogP) is 0.847. The van der Waals surface area contributed by atoms with Crippen LogP contribution in [0.3, 0.4) is 0 Å². The van der Waals surface area contributed by atoms with Crippen molar-refractivity contribution in [3.05, 3.63) is 35.1 Å². The van der Waals surface area contributed by atoms with E-state index < -0.39 is 0 Å². The first-order valence-corrected chi connectivity index (χ1v) is 4.77. The normalized spacial score (nSPS) is 10.5. The predicted molar refractivity (Wildman–Crippen MR) is 51.3 cm³/mol. The highest BCUT2D eigenvalue weighted by Gasteiger charge is 1.98. The van der Waals surface area contributed by atoms with Gasteiger partial charge in [0.2, 0.25) is 0 Å². The maximum atomic E-state index is 5.50. The van der Waals surface area contributed by atoms with Crippen molar-refractivity contribution < 1.29 is 0 Å². The van der Waals surface area contributed by atoms with Gasteiger partial charge in [-0.3, -0.25) is 0 Å². The van der Waals surface area contributed by atoms with E-state index in [9.17, 15) is 0 Å². The highest BCUT2D eigenvalue weighted by Crippen LogP contribution is 2.07. The van der Waals surface area contributed by atoms with Gasteiger partial charge in [-0.1, -0.05) is 4.49 Å². The molecule has 0 unspecified atom stereocenters. The molecule has 0 amide bonds. The Morgan fingerprint density at radius 1 is 1.54 bits per heavy atom. The second-order valence-corrected chi connectivity index (χ2v) is 3.65. The van der Waals surface area contributed by atoms with Gasteiger partial charge in [0.25, 0.3) is 0 Å². The Bertz CT molecular complexity index is 365. The zero-order valence-corrected chi connectivity index (χ0v) is 7.87. The van der Waals surface area contributed by atoms with Gasteiger partial charge in [-0.2, -0.15) is 0 Å². The molecule has 2 rings (SSSR count). The van der Waals surface area contributed by atoms with Crippen LogP contribution in [-0.2, 0) is 13.1 Å². The van der Waals surface area contributed by atoms with Gasteiger partial charge in [-0.15, -0.1) is 5.10 Å². The summed E-state index contributed by atoms with van der Waals surface area (Å²) in [5.74, 6) is 0. The first-order chi connectivity index (χ1) is 6.38. The molecule has 2 heterocycles. The highest BCUT2D eigenvalue weighted by molar-refractivity contribution is 7.05. The van der Waals surface area contributed by atoms with Gasteiger partial charge in [0, 0.05) is 18.9 Å². The molecule has 4 nitrogen and oxygen atoms in total. The third kappa shape index (κ3) is 1.93. The lowest BCUT2D eigenvalue weighted by Gasteiger charge is -1.96. The monoisotopic (exact) mass is 194 g/mol. The van der Waals surface area contributed by atoms with E-state index in [-0.39, 0.29) is 0 Å². The summed E-state index contributed by atoms with van der Waals surface area (Å²) in [6, 6.07) is 2.02. The fourth-order valence-electron chi connectivity index (χ4n) is 1.15. The van der Waals surface area contributed by atoms with Gasteiger partial charge in [-0.25, -0.2) is 0 Å². The summed E-state index contributed by atoms with van der Waals surface area (Å²) in [5.41, 5.74) is 6.65. The molecule has 0 aromatic carbocycles. The van der Waals surface area contributed by atoms with Crippen molar-refractivity contribution in [3.63, 3.8) is 0 Å². The van der Waals surface area contributed by atoms with Crippen molar-refractivity contribution in [1.82, 2.24) is 14.2 Å². The van der Waals surface area contributed by atoms with E-state index in [4.69, 9.17) is 5.73 Å². The molecule has 5 heteroatoms. The Kier molecular flexibility index (Phi) is 2.37. The average Bonchev–Trinajstić information content (AvgIpc) is 2.76. The van der Waals surface area contributed by atoms with Crippen molar-refractivity contribution in [2.24, 2.45) is 5.73 Å². The molecule has 2 aromatic rings. The maximum Gasteiger partial charge on any atom is 0.0671 e. The summed E-state index contributed by atoms with van der Waals surface area (Å²) in [5, 5.41) is 3.78. The van der Waals surface area contributed by atoms with Crippen LogP contribution in [0.25, 0.3) is 0 Å². The molecule has 0 bridgehead atoms. The third-order valence-corrected chi connectivity index (χ3v) is 2.44. The largest absolute Gasteiger partial charge is 0.349 e. The molecule has 13 heavy (non-hydrogen) atoms. The van der Waals surface area contributed by atoms with Crippen LogP contribution < -0.4 is 5.73 Å². The quantitative estimate of drug-likeness (QED) is 0.788. The van der Waals surface area contributed by atoms with Gasteiger partial charge in [0.15, 0.2) is 0 Å². The van der Waals surface area contributed by atoms with E-state index in [2.05, 4.69) is 14.2 Å². The van der Waals surface area contributed by atoms with Crippen LogP contribution in [0, 0.1) is 0 Å². The average molecular weight is 194 g/mol. The van der Waals surface area contributed by atoms with Crippen molar-refractivity contribution in [1.29, 1.82) is 0 Å². The van der Waals surface area contributed by atoms with Crippen LogP contribution in [0.15, 0.2) is 24.7 Å². The Morgan fingerprint density at radius 2 is 2.46 bits per heavy atom. The summed E-state index contributed by atoms with van der Waals surface area (Å²) in [6.07, 6.45) is 5.84. The molecule has 0 spiro atoms. The smallest absolute Gasteiger partial charge is 0.0671 e. The molecular weight excluding hydrogens is 184 g/mol. The number of aromatic nitrogens is 3.